The van der Waals surface area contributed by atoms with Crippen LogP contribution in [0.15, 0.2) is 36.4 Å². The number of ketones is 1. The molecule has 1 aliphatic heterocycles. The fourth-order valence-corrected chi connectivity index (χ4v) is 4.07. The van der Waals surface area contributed by atoms with Gasteiger partial charge in [-0.25, -0.2) is 8.78 Å². The van der Waals surface area contributed by atoms with Gasteiger partial charge in [0.15, 0.2) is 23.2 Å². The Morgan fingerprint density at radius 3 is 2.36 bits per heavy atom. The van der Waals surface area contributed by atoms with Crippen LogP contribution < -0.4 is 9.64 Å². The number of nitrogens with zero attached hydrogens (tertiary/aromatic N) is 4. The standard InChI is InChI=1S/C27H30F2N4O3/c1-2-26(34)21-15-24(28)27(25(29)16-21)36-19-23-18-32(13-14-35-23)17-20-5-7-22(8-6-20)33(11-3-9-30)12-4-10-31/h5-8,15-16,23H,2-4,11-14,17-19H2,1H3. The molecular weight excluding hydrogens is 466 g/mol. The summed E-state index contributed by atoms with van der Waals surface area (Å²) in [6.07, 6.45) is 0.577. The Bertz CT molecular complexity index is 1070. The molecule has 2 aromatic rings. The summed E-state index contributed by atoms with van der Waals surface area (Å²) < 4.78 is 39.8. The summed E-state index contributed by atoms with van der Waals surface area (Å²) >= 11 is 0. The first kappa shape index (κ1) is 27.1. The van der Waals surface area contributed by atoms with E-state index < -0.39 is 17.4 Å². The second-order valence-electron chi connectivity index (χ2n) is 8.55. The predicted octanol–water partition coefficient (Wildman–Crippen LogP) is 4.47. The summed E-state index contributed by atoms with van der Waals surface area (Å²) in [5, 5.41) is 17.8. The molecule has 1 saturated heterocycles. The molecule has 36 heavy (non-hydrogen) atoms. The molecule has 1 aliphatic rings. The van der Waals surface area contributed by atoms with E-state index in [4.69, 9.17) is 20.0 Å². The molecule has 3 rings (SSSR count). The van der Waals surface area contributed by atoms with Crippen LogP contribution in [0, 0.1) is 34.3 Å². The van der Waals surface area contributed by atoms with Crippen molar-refractivity contribution in [3.63, 3.8) is 0 Å². The third kappa shape index (κ3) is 7.48. The number of carbonyl (C=O) groups is 1. The summed E-state index contributed by atoms with van der Waals surface area (Å²) in [5.74, 6) is -2.65. The fourth-order valence-electron chi connectivity index (χ4n) is 4.07. The van der Waals surface area contributed by atoms with Crippen molar-refractivity contribution in [3.05, 3.63) is 59.2 Å². The first-order valence-electron chi connectivity index (χ1n) is 12.0. The van der Waals surface area contributed by atoms with Crippen LogP contribution in [0.1, 0.15) is 42.1 Å². The van der Waals surface area contributed by atoms with Gasteiger partial charge in [0.2, 0.25) is 0 Å². The zero-order valence-electron chi connectivity index (χ0n) is 20.4. The minimum atomic E-state index is -0.905. The smallest absolute Gasteiger partial charge is 0.190 e. The molecule has 0 spiro atoms. The Morgan fingerprint density at radius 1 is 1.14 bits per heavy atom. The van der Waals surface area contributed by atoms with E-state index in [2.05, 4.69) is 17.0 Å². The summed E-state index contributed by atoms with van der Waals surface area (Å²) in [5.41, 5.74) is 2.05. The molecule has 1 fully saturated rings. The van der Waals surface area contributed by atoms with Gasteiger partial charge >= 0.3 is 0 Å². The van der Waals surface area contributed by atoms with Crippen molar-refractivity contribution >= 4 is 11.5 Å². The molecule has 0 amide bonds. The van der Waals surface area contributed by atoms with Crippen molar-refractivity contribution in [1.82, 2.24) is 4.90 Å². The predicted molar refractivity (Wildman–Crippen MR) is 131 cm³/mol. The van der Waals surface area contributed by atoms with E-state index in [0.29, 0.717) is 52.2 Å². The first-order valence-corrected chi connectivity index (χ1v) is 12.0. The maximum absolute atomic E-state index is 14.3. The molecule has 2 aromatic carbocycles. The summed E-state index contributed by atoms with van der Waals surface area (Å²) in [6, 6.07) is 14.3. The van der Waals surface area contributed by atoms with Crippen LogP contribution >= 0.6 is 0 Å². The molecule has 1 atom stereocenters. The van der Waals surface area contributed by atoms with E-state index in [-0.39, 0.29) is 30.5 Å². The second kappa shape index (κ2) is 13.5. The lowest BCUT2D eigenvalue weighted by atomic mass is 10.1. The molecule has 190 valence electrons. The minimum Gasteiger partial charge on any atom is -0.485 e. The van der Waals surface area contributed by atoms with Crippen molar-refractivity contribution in [2.45, 2.75) is 38.8 Å². The number of halogens is 2. The van der Waals surface area contributed by atoms with E-state index in [1.165, 1.54) is 0 Å². The first-order chi connectivity index (χ1) is 17.4. The van der Waals surface area contributed by atoms with E-state index in [9.17, 15) is 13.6 Å². The summed E-state index contributed by atoms with van der Waals surface area (Å²) in [7, 11) is 0. The number of Topliss-reactive ketones (excluding diaryl/α,β-unsaturated/α-hetero) is 1. The third-order valence-corrected chi connectivity index (χ3v) is 5.97. The van der Waals surface area contributed by atoms with Gasteiger partial charge in [-0.1, -0.05) is 19.1 Å². The highest BCUT2D eigenvalue weighted by Gasteiger charge is 2.23. The Kier molecular flexibility index (Phi) is 10.2. The Morgan fingerprint density at radius 2 is 1.78 bits per heavy atom. The molecule has 0 bridgehead atoms. The van der Waals surface area contributed by atoms with Gasteiger partial charge < -0.3 is 14.4 Å². The minimum absolute atomic E-state index is 0.00999. The number of morpholine rings is 1. The van der Waals surface area contributed by atoms with E-state index in [1.807, 2.05) is 29.2 Å². The monoisotopic (exact) mass is 496 g/mol. The van der Waals surface area contributed by atoms with Gasteiger partial charge in [-0.2, -0.15) is 10.5 Å². The summed E-state index contributed by atoms with van der Waals surface area (Å²) in [6.45, 7) is 5.15. The van der Waals surface area contributed by atoms with Crippen LogP contribution in [0.3, 0.4) is 0 Å². The van der Waals surface area contributed by atoms with Crippen molar-refractivity contribution < 1.29 is 23.0 Å². The zero-order chi connectivity index (χ0) is 25.9. The molecule has 9 heteroatoms. The van der Waals surface area contributed by atoms with E-state index in [0.717, 1.165) is 23.4 Å². The van der Waals surface area contributed by atoms with Crippen molar-refractivity contribution in [2.75, 3.05) is 44.3 Å². The number of ether oxygens (including phenoxy) is 2. The van der Waals surface area contributed by atoms with Gasteiger partial charge in [0, 0.05) is 50.4 Å². The van der Waals surface area contributed by atoms with Gasteiger partial charge in [-0.15, -0.1) is 0 Å². The Balaban J connectivity index is 1.56. The fraction of sp³-hybridized carbons (Fsp3) is 0.444. The molecule has 0 N–H and O–H groups in total. The number of anilines is 1. The van der Waals surface area contributed by atoms with Crippen molar-refractivity contribution in [1.29, 1.82) is 10.5 Å². The van der Waals surface area contributed by atoms with Gasteiger partial charge in [-0.05, 0) is 29.8 Å². The van der Waals surface area contributed by atoms with Crippen LogP contribution in [-0.4, -0.2) is 56.2 Å². The number of nitriles is 2. The number of hydrogen-bond acceptors (Lipinski definition) is 7. The molecular formula is C27H30F2N4O3. The average molecular weight is 497 g/mol. The van der Waals surface area contributed by atoms with Crippen LogP contribution in [0.5, 0.6) is 5.75 Å². The Labute approximate surface area is 210 Å². The molecule has 0 aliphatic carbocycles. The van der Waals surface area contributed by atoms with E-state index >= 15 is 0 Å². The molecule has 0 aromatic heterocycles. The second-order valence-corrected chi connectivity index (χ2v) is 8.55. The molecule has 1 heterocycles. The van der Waals surface area contributed by atoms with Crippen LogP contribution in [0.2, 0.25) is 0 Å². The highest BCUT2D eigenvalue weighted by Crippen LogP contribution is 2.25. The van der Waals surface area contributed by atoms with Crippen molar-refractivity contribution in [3.8, 4) is 17.9 Å². The number of benzene rings is 2. The topological polar surface area (TPSA) is 89.6 Å². The number of hydrogen-bond donors (Lipinski definition) is 0. The number of rotatable bonds is 12. The normalized spacial score (nSPS) is 15.6. The van der Waals surface area contributed by atoms with Gasteiger partial charge in [0.05, 0.1) is 31.6 Å². The van der Waals surface area contributed by atoms with Gasteiger partial charge in [-0.3, -0.25) is 9.69 Å². The van der Waals surface area contributed by atoms with E-state index in [1.54, 1.807) is 6.92 Å². The zero-order valence-corrected chi connectivity index (χ0v) is 20.4. The average Bonchev–Trinajstić information content (AvgIpc) is 2.88. The van der Waals surface area contributed by atoms with Crippen molar-refractivity contribution in [2.24, 2.45) is 0 Å². The SMILES string of the molecule is CCC(=O)c1cc(F)c(OCC2CN(Cc3ccc(N(CCC#N)CCC#N)cc3)CCO2)c(F)c1. The lowest BCUT2D eigenvalue weighted by Crippen LogP contribution is -2.44. The van der Waals surface area contributed by atoms with Gasteiger partial charge in [0.25, 0.3) is 0 Å². The maximum atomic E-state index is 14.3. The maximum Gasteiger partial charge on any atom is 0.190 e. The Hall–Kier alpha value is -3.53. The molecule has 0 radical (unpaired) electrons. The van der Waals surface area contributed by atoms with Gasteiger partial charge in [0.1, 0.15) is 12.7 Å². The molecule has 1 unspecified atom stereocenters. The highest BCUT2D eigenvalue weighted by atomic mass is 19.1. The molecule has 0 saturated carbocycles. The number of carbonyl (C=O) groups excluding carboxylic acids is 1. The van der Waals surface area contributed by atoms with Crippen LogP contribution in [-0.2, 0) is 11.3 Å². The summed E-state index contributed by atoms with van der Waals surface area (Å²) in [4.78, 5) is 15.9. The lowest BCUT2D eigenvalue weighted by Gasteiger charge is -2.33. The lowest BCUT2D eigenvalue weighted by molar-refractivity contribution is -0.0513. The quantitative estimate of drug-likeness (QED) is 0.401. The van der Waals surface area contributed by atoms with Crippen LogP contribution in [0.25, 0.3) is 0 Å². The highest BCUT2D eigenvalue weighted by molar-refractivity contribution is 5.96. The molecule has 7 nitrogen and oxygen atoms in total. The largest absolute Gasteiger partial charge is 0.485 e. The van der Waals surface area contributed by atoms with Crippen LogP contribution in [0.4, 0.5) is 14.5 Å². The third-order valence-electron chi connectivity index (χ3n) is 5.97.